The molecule has 0 fully saturated rings. The molecule has 5 rings (SSSR count). The minimum Gasteiger partial charge on any atom is -0.508 e. The van der Waals surface area contributed by atoms with Gasteiger partial charge in [-0.25, -0.2) is 18.7 Å². The molecule has 0 radical (unpaired) electrons. The molecule has 2 atom stereocenters. The van der Waals surface area contributed by atoms with Gasteiger partial charge < -0.3 is 21.1 Å². The van der Waals surface area contributed by atoms with E-state index in [1.807, 2.05) is 30.3 Å². The van der Waals surface area contributed by atoms with E-state index in [9.17, 15) is 28.9 Å². The summed E-state index contributed by atoms with van der Waals surface area (Å²) in [5.74, 6) is -3.24. The first-order valence-electron chi connectivity index (χ1n) is 12.2. The minimum atomic E-state index is -1.26. The molecule has 0 bridgehead atoms. The maximum Gasteiger partial charge on any atom is 0.321 e. The molecule has 40 heavy (non-hydrogen) atoms. The van der Waals surface area contributed by atoms with Gasteiger partial charge in [0, 0.05) is 35.6 Å². The van der Waals surface area contributed by atoms with Crippen molar-refractivity contribution in [2.75, 3.05) is 5.75 Å². The lowest BCUT2D eigenvalue weighted by atomic mass is 10.1. The number of aliphatic carboxylic acids is 1. The second-order valence-electron chi connectivity index (χ2n) is 9.12. The number of aromatic hydroxyl groups is 2. The Morgan fingerprint density at radius 2 is 1.73 bits per heavy atom. The van der Waals surface area contributed by atoms with Crippen LogP contribution >= 0.6 is 11.8 Å². The molecular formula is C29H24F2N4O4S. The molecule has 0 aliphatic carbocycles. The van der Waals surface area contributed by atoms with Crippen LogP contribution in [0.1, 0.15) is 27.8 Å². The van der Waals surface area contributed by atoms with Crippen LogP contribution in [0.4, 0.5) is 8.78 Å². The highest BCUT2D eigenvalue weighted by atomic mass is 32.2. The molecule has 0 aliphatic heterocycles. The van der Waals surface area contributed by atoms with Gasteiger partial charge in [0.1, 0.15) is 29.1 Å². The monoisotopic (exact) mass is 562 g/mol. The van der Waals surface area contributed by atoms with Crippen molar-refractivity contribution in [2.45, 2.75) is 17.7 Å². The van der Waals surface area contributed by atoms with Gasteiger partial charge in [-0.1, -0.05) is 36.4 Å². The maximum absolute atomic E-state index is 15.0. The lowest BCUT2D eigenvalue weighted by molar-refractivity contribution is -0.137. The number of carbonyl (C=O) groups is 1. The molecule has 8 nitrogen and oxygen atoms in total. The van der Waals surface area contributed by atoms with Crippen molar-refractivity contribution >= 4 is 23.4 Å². The number of carboxylic acids is 1. The number of hydrogen-bond acceptors (Lipinski definition) is 7. The third kappa shape index (κ3) is 5.61. The van der Waals surface area contributed by atoms with Crippen molar-refractivity contribution in [1.29, 1.82) is 0 Å². The van der Waals surface area contributed by atoms with Gasteiger partial charge in [0.2, 0.25) is 5.88 Å². The second-order valence-corrected chi connectivity index (χ2v) is 10.3. The van der Waals surface area contributed by atoms with Gasteiger partial charge >= 0.3 is 5.97 Å². The van der Waals surface area contributed by atoms with Crippen molar-refractivity contribution in [3.8, 4) is 22.9 Å². The van der Waals surface area contributed by atoms with Crippen molar-refractivity contribution in [1.82, 2.24) is 14.4 Å². The number of phenolic OH excluding ortho intramolecular Hbond substituents is 1. The lowest BCUT2D eigenvalue weighted by Gasteiger charge is -2.17. The predicted octanol–water partition coefficient (Wildman–Crippen LogP) is 4.91. The average Bonchev–Trinajstić information content (AvgIpc) is 3.27. The van der Waals surface area contributed by atoms with E-state index < -0.39 is 28.9 Å². The third-order valence-electron chi connectivity index (χ3n) is 6.31. The van der Waals surface area contributed by atoms with E-state index in [-0.39, 0.29) is 28.6 Å². The molecule has 2 unspecified atom stereocenters. The molecule has 0 amide bonds. The fourth-order valence-electron chi connectivity index (χ4n) is 4.27. The SMILES string of the molecule is NC(CSC(c1ccc(F)cc1F)c1nc2c(Cc3ccccc3)nc(-c3ccc(O)cc3)cn2c1O)C(=O)O. The van der Waals surface area contributed by atoms with Gasteiger partial charge in [-0.15, -0.1) is 11.8 Å². The van der Waals surface area contributed by atoms with Gasteiger partial charge in [-0.05, 0) is 35.9 Å². The molecule has 5 N–H and O–H groups in total. The van der Waals surface area contributed by atoms with Crippen molar-refractivity contribution in [3.05, 3.63) is 113 Å². The zero-order valence-corrected chi connectivity index (χ0v) is 21.7. The number of imidazole rings is 1. The van der Waals surface area contributed by atoms with Crippen molar-refractivity contribution < 1.29 is 28.9 Å². The third-order valence-corrected chi connectivity index (χ3v) is 7.67. The molecule has 0 saturated heterocycles. The second kappa shape index (κ2) is 11.3. The number of halogens is 2. The lowest BCUT2D eigenvalue weighted by Crippen LogP contribution is -2.32. The molecule has 11 heteroatoms. The Kier molecular flexibility index (Phi) is 7.67. The molecule has 2 heterocycles. The summed E-state index contributed by atoms with van der Waals surface area (Å²) in [6.45, 7) is 0. The van der Waals surface area contributed by atoms with Crippen LogP contribution in [0.25, 0.3) is 16.9 Å². The maximum atomic E-state index is 15.0. The van der Waals surface area contributed by atoms with Gasteiger partial charge in [0.05, 0.1) is 16.6 Å². The van der Waals surface area contributed by atoms with Gasteiger partial charge in [0.25, 0.3) is 0 Å². The van der Waals surface area contributed by atoms with E-state index in [1.54, 1.807) is 18.3 Å². The summed E-state index contributed by atoms with van der Waals surface area (Å²) in [5.41, 5.74) is 8.70. The Balaban J connectivity index is 1.69. The number of nitrogens with two attached hydrogens (primary N) is 1. The molecule has 0 aliphatic rings. The van der Waals surface area contributed by atoms with E-state index in [1.165, 1.54) is 22.6 Å². The Bertz CT molecular complexity index is 1680. The number of nitrogens with zero attached hydrogens (tertiary/aromatic N) is 3. The van der Waals surface area contributed by atoms with E-state index >= 15 is 0 Å². The number of carboxylic acid groups (broad SMARTS) is 1. The van der Waals surface area contributed by atoms with Crippen LogP contribution in [0.5, 0.6) is 11.6 Å². The molecule has 3 aromatic carbocycles. The fraction of sp³-hybridized carbons (Fsp3) is 0.138. The van der Waals surface area contributed by atoms with E-state index in [4.69, 9.17) is 10.7 Å². The molecule has 5 aromatic rings. The number of hydrogen-bond donors (Lipinski definition) is 4. The number of thioether (sulfide) groups is 1. The molecule has 204 valence electrons. The standard InChI is InChI=1S/C29H24F2N4O4S/c30-18-8-11-20(21(31)13-18)26(40-15-22(32)29(38)39)25-28(37)35-14-24(17-6-9-19(36)10-7-17)33-23(27(35)34-25)12-16-4-2-1-3-5-16/h1-11,13-14,22,26,36-37H,12,15,32H2,(H,38,39). The number of benzene rings is 3. The first-order chi connectivity index (χ1) is 19.2. The normalized spacial score (nSPS) is 12.9. The fourth-order valence-corrected chi connectivity index (χ4v) is 5.50. The quantitative estimate of drug-likeness (QED) is 0.199. The van der Waals surface area contributed by atoms with Crippen LogP contribution < -0.4 is 5.73 Å². The zero-order valence-electron chi connectivity index (χ0n) is 20.9. The summed E-state index contributed by atoms with van der Waals surface area (Å²) < 4.78 is 30.2. The molecular weight excluding hydrogens is 538 g/mol. The van der Waals surface area contributed by atoms with Gasteiger partial charge in [0.15, 0.2) is 5.65 Å². The Labute approximate surface area is 231 Å². The predicted molar refractivity (Wildman–Crippen MR) is 147 cm³/mol. The summed E-state index contributed by atoms with van der Waals surface area (Å²) in [7, 11) is 0. The van der Waals surface area contributed by atoms with E-state index in [0.717, 1.165) is 29.5 Å². The van der Waals surface area contributed by atoms with Gasteiger partial charge in [-0.3, -0.25) is 9.20 Å². The molecule has 0 spiro atoms. The molecule has 2 aromatic heterocycles. The molecule has 0 saturated carbocycles. The van der Waals surface area contributed by atoms with Crippen LogP contribution in [0.2, 0.25) is 0 Å². The largest absolute Gasteiger partial charge is 0.508 e. The highest BCUT2D eigenvalue weighted by Gasteiger charge is 2.29. The van der Waals surface area contributed by atoms with E-state index in [2.05, 4.69) is 4.98 Å². The van der Waals surface area contributed by atoms with Crippen molar-refractivity contribution in [2.24, 2.45) is 5.73 Å². The Morgan fingerprint density at radius 3 is 2.40 bits per heavy atom. The topological polar surface area (TPSA) is 134 Å². The number of phenols is 1. The highest BCUT2D eigenvalue weighted by molar-refractivity contribution is 7.99. The Hall–Kier alpha value is -4.48. The van der Waals surface area contributed by atoms with Gasteiger partial charge in [-0.2, -0.15) is 0 Å². The summed E-state index contributed by atoms with van der Waals surface area (Å²) in [6, 6.07) is 17.7. The minimum absolute atomic E-state index is 0.0130. The van der Waals surface area contributed by atoms with Crippen molar-refractivity contribution in [3.63, 3.8) is 0 Å². The summed E-state index contributed by atoms with van der Waals surface area (Å²) in [6.07, 6.45) is 1.94. The highest BCUT2D eigenvalue weighted by Crippen LogP contribution is 2.42. The number of fused-ring (bicyclic) bond motifs is 1. The Morgan fingerprint density at radius 1 is 1.00 bits per heavy atom. The van der Waals surface area contributed by atoms with Crippen LogP contribution in [-0.2, 0) is 11.2 Å². The number of aromatic nitrogens is 3. The summed E-state index contributed by atoms with van der Waals surface area (Å²) in [4.78, 5) is 20.8. The number of rotatable bonds is 9. The first kappa shape index (κ1) is 27.1. The van der Waals surface area contributed by atoms with Crippen LogP contribution in [-0.4, -0.2) is 47.5 Å². The zero-order chi connectivity index (χ0) is 28.4. The van der Waals surface area contributed by atoms with Crippen LogP contribution in [0, 0.1) is 11.6 Å². The van der Waals surface area contributed by atoms with Crippen LogP contribution in [0.3, 0.4) is 0 Å². The average molecular weight is 563 g/mol. The summed E-state index contributed by atoms with van der Waals surface area (Å²) >= 11 is 0.973. The first-order valence-corrected chi connectivity index (χ1v) is 13.2. The smallest absolute Gasteiger partial charge is 0.321 e. The van der Waals surface area contributed by atoms with E-state index in [0.29, 0.717) is 29.0 Å². The van der Waals surface area contributed by atoms with Crippen LogP contribution in [0.15, 0.2) is 79.0 Å². The summed E-state index contributed by atoms with van der Waals surface area (Å²) in [5, 5.41) is 29.4.